The van der Waals surface area contributed by atoms with E-state index >= 15 is 0 Å². The highest BCUT2D eigenvalue weighted by Gasteiger charge is 2.25. The molecule has 0 aliphatic heterocycles. The summed E-state index contributed by atoms with van der Waals surface area (Å²) >= 11 is 0. The van der Waals surface area contributed by atoms with Crippen molar-refractivity contribution in [2.45, 2.75) is 218 Å². The van der Waals surface area contributed by atoms with E-state index in [9.17, 15) is 47.9 Å². The molecule has 646 valence electrons. The third-order valence-corrected chi connectivity index (χ3v) is 19.5. The van der Waals surface area contributed by atoms with Gasteiger partial charge in [0.1, 0.15) is 46.0 Å². The molecule has 0 heterocycles. The summed E-state index contributed by atoms with van der Waals surface area (Å²) in [6, 6.07) is 31.8. The fourth-order valence-corrected chi connectivity index (χ4v) is 12.8. The summed E-state index contributed by atoms with van der Waals surface area (Å²) in [5.74, 6) is -4.21. The predicted molar refractivity (Wildman–Crippen MR) is 457 cm³/mol. The Kier molecular flexibility index (Phi) is 47.0. The molecule has 6 rings (SSSR count). The quantitative estimate of drug-likeness (QED) is 0.0118. The Morgan fingerprint density at radius 1 is 0.242 bits per heavy atom. The van der Waals surface area contributed by atoms with E-state index in [2.05, 4.69) is 26.3 Å². The summed E-state index contributed by atoms with van der Waals surface area (Å²) < 4.78 is 67.9. The number of nitrogens with two attached hydrogens (primary N) is 2. The molecule has 24 heteroatoms. The second-order valence-corrected chi connectivity index (χ2v) is 29.0. The van der Waals surface area contributed by atoms with E-state index in [0.29, 0.717) is 113 Å². The van der Waals surface area contributed by atoms with Crippen LogP contribution in [0.1, 0.15) is 279 Å². The van der Waals surface area contributed by atoms with Crippen molar-refractivity contribution in [2.75, 3.05) is 52.9 Å². The van der Waals surface area contributed by atoms with Crippen molar-refractivity contribution in [3.8, 4) is 46.0 Å². The van der Waals surface area contributed by atoms with Crippen molar-refractivity contribution in [1.29, 1.82) is 0 Å². The number of amides is 2. The average molecular weight is 1650 g/mol. The second-order valence-electron chi connectivity index (χ2n) is 29.0. The molecule has 0 saturated heterocycles. The molecule has 0 aliphatic rings. The lowest BCUT2D eigenvalue weighted by Crippen LogP contribution is -2.18. The molecule has 0 bridgehead atoms. The molecule has 0 aliphatic carbocycles. The SMILES string of the molecule is C=CC(=O)OCCCCCCCCOc1ccc(C(=O)Oc2cc(CCCCCCCCCCc3cc(OC(=O)c4ccc(OCCCCCCCCOC(=O)C=C)cc4)cc(C(N)=O)c3OC(=O)c3ccc(OCCCCCCCCOC(=O)C=C)cc3)c(OC(=O)c3ccc(OCCCCCCCCOC(=O)C=C)cc3)c(C(N)=O)c2)cc1. The van der Waals surface area contributed by atoms with Crippen LogP contribution in [0.25, 0.3) is 0 Å². The molecule has 0 unspecified atom stereocenters. The van der Waals surface area contributed by atoms with E-state index in [4.69, 9.17) is 68.3 Å². The lowest BCUT2D eigenvalue weighted by molar-refractivity contribution is -0.138. The maximum Gasteiger partial charge on any atom is 0.343 e. The molecule has 0 saturated carbocycles. The summed E-state index contributed by atoms with van der Waals surface area (Å²) in [7, 11) is 0. The zero-order chi connectivity index (χ0) is 86.2. The molecule has 6 aromatic rings. The number of esters is 8. The van der Waals surface area contributed by atoms with Gasteiger partial charge in [-0.2, -0.15) is 0 Å². The van der Waals surface area contributed by atoms with Gasteiger partial charge >= 0.3 is 47.8 Å². The molecular formula is C96H120N2O22. The summed E-state index contributed by atoms with van der Waals surface area (Å²) in [6.07, 6.45) is 33.3. The van der Waals surface area contributed by atoms with Crippen LogP contribution in [-0.4, -0.2) is 112 Å². The summed E-state index contributed by atoms with van der Waals surface area (Å²) in [5, 5.41) is 0. The van der Waals surface area contributed by atoms with Crippen molar-refractivity contribution in [1.82, 2.24) is 0 Å². The minimum Gasteiger partial charge on any atom is -0.494 e. The topological polar surface area (TPSA) is 333 Å². The fourth-order valence-electron chi connectivity index (χ4n) is 12.8. The Balaban J connectivity index is 1.07. The average Bonchev–Trinajstić information content (AvgIpc) is 0.805. The number of hydrogen-bond donors (Lipinski definition) is 2. The molecule has 0 fully saturated rings. The number of carbonyl (C=O) groups excluding carboxylic acids is 10. The van der Waals surface area contributed by atoms with Crippen LogP contribution in [0.3, 0.4) is 0 Å². The first-order valence-electron chi connectivity index (χ1n) is 42.3. The van der Waals surface area contributed by atoms with Gasteiger partial charge in [-0.1, -0.05) is 168 Å². The van der Waals surface area contributed by atoms with Gasteiger partial charge in [0.25, 0.3) is 11.8 Å². The van der Waals surface area contributed by atoms with Crippen LogP contribution in [0.15, 0.2) is 172 Å². The molecule has 24 nitrogen and oxygen atoms in total. The van der Waals surface area contributed by atoms with Crippen LogP contribution in [0.4, 0.5) is 0 Å². The number of unbranched alkanes of at least 4 members (excludes halogenated alkanes) is 27. The van der Waals surface area contributed by atoms with Crippen LogP contribution in [-0.2, 0) is 51.0 Å². The van der Waals surface area contributed by atoms with Gasteiger partial charge in [0.2, 0.25) is 0 Å². The van der Waals surface area contributed by atoms with Gasteiger partial charge in [-0.05, 0) is 210 Å². The number of carbonyl (C=O) groups is 10. The highest BCUT2D eigenvalue weighted by atomic mass is 16.6. The molecule has 0 aromatic heterocycles. The minimum absolute atomic E-state index is 0.0208. The summed E-state index contributed by atoms with van der Waals surface area (Å²) in [4.78, 5) is 127. The number of hydrogen-bond acceptors (Lipinski definition) is 22. The standard InChI is InChI=1S/C96H120N2O22/c1-5-85(99)113-63-37-27-17-13-23-33-59-109-77-51-43-71(44-52-77)93(105)117-81-67-75(89(83(69-81)91(97)103)119-95(107)73-47-55-79(56-48-73)111-61-35-25-15-19-29-39-65-115-87(101)7-3)41-31-21-11-9-10-12-22-32-42-76-68-82(118-94(106)72-45-53-78(54-46-72)110-60-34-24-14-18-28-38-64-114-86(100)6-2)70-84(92(98)104)90(76)120-96(108)74-49-57-80(58-50-74)112-62-36-26-16-20-30-40-66-116-88(102)8-4/h5-8,43-58,67-70H,1-4,9-42,59-66H2,(H2,97,103)(H2,98,104). The van der Waals surface area contributed by atoms with E-state index in [0.717, 1.165) is 217 Å². The van der Waals surface area contributed by atoms with Crippen molar-refractivity contribution >= 4 is 59.6 Å². The molecule has 0 spiro atoms. The lowest BCUT2D eigenvalue weighted by Gasteiger charge is -2.16. The highest BCUT2D eigenvalue weighted by Crippen LogP contribution is 2.36. The maximum atomic E-state index is 14.0. The zero-order valence-electron chi connectivity index (χ0n) is 69.5. The molecule has 0 atom stereocenters. The molecule has 0 radical (unpaired) electrons. The van der Waals surface area contributed by atoms with Gasteiger partial charge in [0, 0.05) is 24.3 Å². The van der Waals surface area contributed by atoms with Crippen LogP contribution in [0.2, 0.25) is 0 Å². The third kappa shape index (κ3) is 39.2. The summed E-state index contributed by atoms with van der Waals surface area (Å²) in [5.41, 5.74) is 13.4. The largest absolute Gasteiger partial charge is 0.494 e. The Morgan fingerprint density at radius 2 is 0.442 bits per heavy atom. The monoisotopic (exact) mass is 1650 g/mol. The lowest BCUT2D eigenvalue weighted by atomic mass is 9.99. The number of benzene rings is 6. The third-order valence-electron chi connectivity index (χ3n) is 19.5. The molecule has 120 heavy (non-hydrogen) atoms. The molecule has 2 amide bonds. The number of rotatable bonds is 65. The van der Waals surface area contributed by atoms with Crippen LogP contribution < -0.4 is 49.4 Å². The van der Waals surface area contributed by atoms with Crippen molar-refractivity contribution < 1.29 is 105 Å². The van der Waals surface area contributed by atoms with Crippen LogP contribution in [0.5, 0.6) is 46.0 Å². The fraction of sp³-hybridized carbons (Fsp3) is 0.438. The molecule has 6 aromatic carbocycles. The van der Waals surface area contributed by atoms with E-state index in [1.54, 1.807) is 109 Å². The Bertz CT molecular complexity index is 3940. The first kappa shape index (κ1) is 97.0. The summed E-state index contributed by atoms with van der Waals surface area (Å²) in [6.45, 7) is 17.0. The van der Waals surface area contributed by atoms with Gasteiger partial charge in [-0.15, -0.1) is 0 Å². The first-order valence-corrected chi connectivity index (χ1v) is 42.3. The van der Waals surface area contributed by atoms with E-state index < -0.39 is 59.6 Å². The second kappa shape index (κ2) is 58.1. The first-order chi connectivity index (χ1) is 58.4. The Labute approximate surface area is 706 Å². The number of ether oxygens (including phenoxy) is 12. The normalized spacial score (nSPS) is 10.8. The van der Waals surface area contributed by atoms with Gasteiger partial charge in [0.05, 0.1) is 86.2 Å². The van der Waals surface area contributed by atoms with Crippen LogP contribution >= 0.6 is 0 Å². The van der Waals surface area contributed by atoms with E-state index in [1.165, 1.54) is 12.1 Å². The van der Waals surface area contributed by atoms with Crippen molar-refractivity contribution in [3.63, 3.8) is 0 Å². The molecule has 4 N–H and O–H groups in total. The predicted octanol–water partition coefficient (Wildman–Crippen LogP) is 19.5. The van der Waals surface area contributed by atoms with Crippen LogP contribution in [0, 0.1) is 0 Å². The Hall–Kier alpha value is -11.8. The van der Waals surface area contributed by atoms with E-state index in [-0.39, 0.29) is 56.4 Å². The zero-order valence-corrected chi connectivity index (χ0v) is 69.5. The number of aryl methyl sites for hydroxylation is 2. The van der Waals surface area contributed by atoms with Gasteiger partial charge in [-0.25, -0.2) is 38.4 Å². The maximum absolute atomic E-state index is 14.0. The van der Waals surface area contributed by atoms with Gasteiger partial charge in [-0.3, -0.25) is 9.59 Å². The van der Waals surface area contributed by atoms with Crippen molar-refractivity contribution in [3.05, 3.63) is 216 Å². The van der Waals surface area contributed by atoms with E-state index in [1.807, 2.05) is 0 Å². The van der Waals surface area contributed by atoms with Gasteiger partial charge in [0.15, 0.2) is 0 Å². The highest BCUT2D eigenvalue weighted by molar-refractivity contribution is 6.01. The Morgan fingerprint density at radius 3 is 0.658 bits per heavy atom. The molecular weight excluding hydrogens is 1530 g/mol. The number of primary amides is 2. The van der Waals surface area contributed by atoms with Crippen molar-refractivity contribution in [2.24, 2.45) is 11.5 Å². The minimum atomic E-state index is -0.911. The van der Waals surface area contributed by atoms with Gasteiger partial charge < -0.3 is 68.3 Å². The smallest absolute Gasteiger partial charge is 0.343 e.